The molecule has 0 aliphatic rings. The fourth-order valence-electron chi connectivity index (χ4n) is 2.09. The predicted octanol–water partition coefficient (Wildman–Crippen LogP) is 3.16. The molecule has 3 aromatic rings. The van der Waals surface area contributed by atoms with Crippen molar-refractivity contribution in [2.75, 3.05) is 0 Å². The number of rotatable bonds is 4. The van der Waals surface area contributed by atoms with Crippen molar-refractivity contribution in [3.8, 4) is 11.5 Å². The lowest BCUT2D eigenvalue weighted by atomic mass is 10.1. The van der Waals surface area contributed by atoms with Crippen LogP contribution in [0.2, 0.25) is 0 Å². The second-order valence-electron chi connectivity index (χ2n) is 4.75. The average molecular weight is 281 g/mol. The van der Waals surface area contributed by atoms with Crippen molar-refractivity contribution in [3.05, 3.63) is 66.1 Å². The Morgan fingerprint density at radius 3 is 2.76 bits per heavy atom. The van der Waals surface area contributed by atoms with Gasteiger partial charge in [0.15, 0.2) is 11.5 Å². The number of nitrogens with zero attached hydrogens (tertiary/aromatic N) is 1. The Bertz CT molecular complexity index is 717. The van der Waals surface area contributed by atoms with Gasteiger partial charge in [-0.1, -0.05) is 30.3 Å². The van der Waals surface area contributed by atoms with Crippen LogP contribution in [0.1, 0.15) is 29.0 Å². The van der Waals surface area contributed by atoms with Crippen LogP contribution in [0, 0.1) is 0 Å². The van der Waals surface area contributed by atoms with E-state index in [9.17, 15) is 4.79 Å². The van der Waals surface area contributed by atoms with Gasteiger partial charge in [-0.3, -0.25) is 9.89 Å². The molecule has 1 unspecified atom stereocenters. The Balaban J connectivity index is 1.71. The highest BCUT2D eigenvalue weighted by Crippen LogP contribution is 2.18. The van der Waals surface area contributed by atoms with E-state index < -0.39 is 0 Å². The summed E-state index contributed by atoms with van der Waals surface area (Å²) in [5.74, 6) is 0.429. The molecule has 21 heavy (non-hydrogen) atoms. The van der Waals surface area contributed by atoms with Gasteiger partial charge in [0.25, 0.3) is 5.91 Å². The second kappa shape index (κ2) is 5.66. The van der Waals surface area contributed by atoms with Crippen LogP contribution in [0.5, 0.6) is 0 Å². The first-order chi connectivity index (χ1) is 10.2. The first kappa shape index (κ1) is 13.2. The first-order valence-electron chi connectivity index (χ1n) is 6.69. The molecule has 5 nitrogen and oxygen atoms in total. The summed E-state index contributed by atoms with van der Waals surface area (Å²) in [5.41, 5.74) is 2.06. The molecule has 5 heteroatoms. The highest BCUT2D eigenvalue weighted by molar-refractivity contribution is 5.93. The van der Waals surface area contributed by atoms with E-state index in [2.05, 4.69) is 15.5 Å². The Morgan fingerprint density at radius 1 is 1.24 bits per heavy atom. The molecule has 3 rings (SSSR count). The number of aromatic nitrogens is 2. The summed E-state index contributed by atoms with van der Waals surface area (Å²) >= 11 is 0. The van der Waals surface area contributed by atoms with E-state index >= 15 is 0 Å². The first-order valence-corrected chi connectivity index (χ1v) is 6.69. The van der Waals surface area contributed by atoms with Crippen molar-refractivity contribution in [2.24, 2.45) is 0 Å². The molecule has 0 saturated heterocycles. The third kappa shape index (κ3) is 2.86. The lowest BCUT2D eigenvalue weighted by molar-refractivity contribution is 0.0935. The summed E-state index contributed by atoms with van der Waals surface area (Å²) in [6.07, 6.45) is 1.58. The molecule has 0 radical (unpaired) electrons. The highest BCUT2D eigenvalue weighted by Gasteiger charge is 2.15. The molecule has 0 spiro atoms. The van der Waals surface area contributed by atoms with Crippen molar-refractivity contribution < 1.29 is 9.21 Å². The minimum Gasteiger partial charge on any atom is -0.463 e. The van der Waals surface area contributed by atoms with Crippen LogP contribution in [-0.2, 0) is 0 Å². The minimum absolute atomic E-state index is 0.0811. The van der Waals surface area contributed by atoms with Gasteiger partial charge in [0.1, 0.15) is 5.69 Å². The van der Waals surface area contributed by atoms with Gasteiger partial charge in [0.2, 0.25) is 0 Å². The van der Waals surface area contributed by atoms with Gasteiger partial charge in [-0.2, -0.15) is 5.10 Å². The molecular formula is C16H15N3O2. The van der Waals surface area contributed by atoms with Crippen LogP contribution >= 0.6 is 0 Å². The summed E-state index contributed by atoms with van der Waals surface area (Å²) in [6.45, 7) is 1.94. The zero-order chi connectivity index (χ0) is 14.7. The molecule has 0 aliphatic carbocycles. The van der Waals surface area contributed by atoms with Crippen molar-refractivity contribution in [2.45, 2.75) is 13.0 Å². The van der Waals surface area contributed by atoms with E-state index in [1.165, 1.54) is 0 Å². The maximum Gasteiger partial charge on any atom is 0.272 e. The fraction of sp³-hybridized carbons (Fsp3) is 0.125. The van der Waals surface area contributed by atoms with Gasteiger partial charge in [0.05, 0.1) is 12.3 Å². The molecule has 2 heterocycles. The number of furan rings is 1. The maximum atomic E-state index is 12.2. The Labute approximate surface area is 122 Å². The molecule has 0 saturated carbocycles. The number of nitrogens with one attached hydrogen (secondary N) is 2. The second-order valence-corrected chi connectivity index (χ2v) is 4.75. The summed E-state index contributed by atoms with van der Waals surface area (Å²) in [4.78, 5) is 12.2. The zero-order valence-electron chi connectivity index (χ0n) is 11.5. The van der Waals surface area contributed by atoms with Gasteiger partial charge in [0, 0.05) is 6.07 Å². The number of aromatic amines is 1. The highest BCUT2D eigenvalue weighted by atomic mass is 16.3. The van der Waals surface area contributed by atoms with E-state index in [0.29, 0.717) is 17.1 Å². The van der Waals surface area contributed by atoms with Crippen LogP contribution in [0.4, 0.5) is 0 Å². The van der Waals surface area contributed by atoms with Crippen molar-refractivity contribution in [1.29, 1.82) is 0 Å². The monoisotopic (exact) mass is 281 g/mol. The molecule has 2 aromatic heterocycles. The SMILES string of the molecule is CC(NC(=O)c1cc(-c2ccco2)[nH]n1)c1ccccc1. The van der Waals surface area contributed by atoms with Crippen LogP contribution in [0.3, 0.4) is 0 Å². The van der Waals surface area contributed by atoms with E-state index in [-0.39, 0.29) is 11.9 Å². The lowest BCUT2D eigenvalue weighted by Crippen LogP contribution is -2.26. The Kier molecular flexibility index (Phi) is 3.55. The van der Waals surface area contributed by atoms with E-state index in [4.69, 9.17) is 4.42 Å². The number of carbonyl (C=O) groups excluding carboxylic acids is 1. The van der Waals surface area contributed by atoms with Crippen molar-refractivity contribution >= 4 is 5.91 Å². The summed E-state index contributed by atoms with van der Waals surface area (Å²) < 4.78 is 5.26. The molecule has 106 valence electrons. The summed E-state index contributed by atoms with van der Waals surface area (Å²) in [7, 11) is 0. The molecule has 1 aromatic carbocycles. The maximum absolute atomic E-state index is 12.2. The van der Waals surface area contributed by atoms with E-state index in [0.717, 1.165) is 5.56 Å². The van der Waals surface area contributed by atoms with Gasteiger partial charge in [-0.05, 0) is 24.6 Å². The average Bonchev–Trinajstić information content (AvgIpc) is 3.19. The smallest absolute Gasteiger partial charge is 0.272 e. The predicted molar refractivity (Wildman–Crippen MR) is 78.6 cm³/mol. The lowest BCUT2D eigenvalue weighted by Gasteiger charge is -2.12. The number of hydrogen-bond acceptors (Lipinski definition) is 3. The molecule has 0 bridgehead atoms. The molecule has 1 atom stereocenters. The number of benzene rings is 1. The normalized spacial score (nSPS) is 12.0. The minimum atomic E-state index is -0.222. The molecular weight excluding hydrogens is 266 g/mol. The van der Waals surface area contributed by atoms with Crippen LogP contribution in [-0.4, -0.2) is 16.1 Å². The Hall–Kier alpha value is -2.82. The van der Waals surface area contributed by atoms with Crippen molar-refractivity contribution in [3.63, 3.8) is 0 Å². The number of carbonyl (C=O) groups is 1. The zero-order valence-corrected chi connectivity index (χ0v) is 11.5. The summed E-state index contributed by atoms with van der Waals surface area (Å²) in [6, 6.07) is 15.0. The van der Waals surface area contributed by atoms with Gasteiger partial charge in [-0.15, -0.1) is 0 Å². The van der Waals surface area contributed by atoms with Crippen LogP contribution in [0.15, 0.2) is 59.2 Å². The van der Waals surface area contributed by atoms with E-state index in [1.807, 2.05) is 43.3 Å². The molecule has 1 amide bonds. The van der Waals surface area contributed by atoms with E-state index in [1.54, 1.807) is 18.4 Å². The van der Waals surface area contributed by atoms with Crippen molar-refractivity contribution in [1.82, 2.24) is 15.5 Å². The van der Waals surface area contributed by atoms with Gasteiger partial charge >= 0.3 is 0 Å². The standard InChI is InChI=1S/C16H15N3O2/c1-11(12-6-3-2-4-7-12)17-16(20)14-10-13(18-19-14)15-8-5-9-21-15/h2-11H,1H3,(H,17,20)(H,18,19). The fourth-order valence-corrected chi connectivity index (χ4v) is 2.09. The third-order valence-electron chi connectivity index (χ3n) is 3.24. The van der Waals surface area contributed by atoms with Crippen LogP contribution in [0.25, 0.3) is 11.5 Å². The number of H-pyrrole nitrogens is 1. The topological polar surface area (TPSA) is 70.9 Å². The third-order valence-corrected chi connectivity index (χ3v) is 3.24. The number of amides is 1. The summed E-state index contributed by atoms with van der Waals surface area (Å²) in [5, 5.41) is 9.74. The van der Waals surface area contributed by atoms with Gasteiger partial charge < -0.3 is 9.73 Å². The quantitative estimate of drug-likeness (QED) is 0.771. The molecule has 2 N–H and O–H groups in total. The van der Waals surface area contributed by atoms with Gasteiger partial charge in [-0.25, -0.2) is 0 Å². The van der Waals surface area contributed by atoms with Crippen LogP contribution < -0.4 is 5.32 Å². The molecule has 0 aliphatic heterocycles. The number of hydrogen-bond donors (Lipinski definition) is 2. The Morgan fingerprint density at radius 2 is 2.05 bits per heavy atom. The molecule has 0 fully saturated rings. The largest absolute Gasteiger partial charge is 0.463 e.